The molecule has 6 nitrogen and oxygen atoms in total. The molecule has 0 bridgehead atoms. The minimum Gasteiger partial charge on any atom is -0.439 e. The first-order chi connectivity index (χ1) is 14.5. The van der Waals surface area contributed by atoms with Gasteiger partial charge in [-0.2, -0.15) is 13.2 Å². The minimum atomic E-state index is -4.50. The Kier molecular flexibility index (Phi) is 5.91. The number of alkyl halides is 3. The Morgan fingerprint density at radius 3 is 2.26 bits per heavy atom. The van der Waals surface area contributed by atoms with Crippen LogP contribution in [0.25, 0.3) is 0 Å². The molecule has 1 heterocycles. The van der Waals surface area contributed by atoms with Crippen molar-refractivity contribution in [3.63, 3.8) is 0 Å². The van der Waals surface area contributed by atoms with Crippen molar-refractivity contribution in [2.45, 2.75) is 13.1 Å². The van der Waals surface area contributed by atoms with Gasteiger partial charge < -0.3 is 15.8 Å². The predicted octanol–water partition coefficient (Wildman–Crippen LogP) is 4.69. The lowest BCUT2D eigenvalue weighted by Crippen LogP contribution is -2.16. The third-order valence-corrected chi connectivity index (χ3v) is 4.28. The number of rotatable bonds is 5. The van der Waals surface area contributed by atoms with Gasteiger partial charge in [0.1, 0.15) is 11.6 Å². The van der Waals surface area contributed by atoms with E-state index in [0.717, 1.165) is 18.2 Å². The van der Waals surface area contributed by atoms with Gasteiger partial charge in [0.2, 0.25) is 11.8 Å². The lowest BCUT2D eigenvalue weighted by molar-refractivity contribution is -0.137. The summed E-state index contributed by atoms with van der Waals surface area (Å²) in [5.74, 6) is -1.93. The standard InChI is InChI=1S/C21H15F4N3O3/c1-11-16(22)8-13(19(26)29)9-17(11)28-20(30)12-2-5-15(6-3-12)31-18-7-4-14(10-27-18)21(23,24)25/h2-10H,1H3,(H2,26,29)(H,28,30). The molecule has 0 saturated carbocycles. The van der Waals surface area contributed by atoms with E-state index in [-0.39, 0.29) is 34.0 Å². The number of benzene rings is 2. The van der Waals surface area contributed by atoms with Gasteiger partial charge >= 0.3 is 6.18 Å². The predicted molar refractivity (Wildman–Crippen MR) is 103 cm³/mol. The van der Waals surface area contributed by atoms with Crippen LogP contribution in [0, 0.1) is 12.7 Å². The highest BCUT2D eigenvalue weighted by Gasteiger charge is 2.30. The zero-order valence-electron chi connectivity index (χ0n) is 16.0. The highest BCUT2D eigenvalue weighted by atomic mass is 19.4. The minimum absolute atomic E-state index is 0.0560. The number of amides is 2. The van der Waals surface area contributed by atoms with Crippen LogP contribution in [0.1, 0.15) is 31.8 Å². The van der Waals surface area contributed by atoms with Gasteiger partial charge in [0.15, 0.2) is 0 Å². The topological polar surface area (TPSA) is 94.3 Å². The van der Waals surface area contributed by atoms with E-state index in [1.54, 1.807) is 0 Å². The second-order valence-electron chi connectivity index (χ2n) is 6.46. The largest absolute Gasteiger partial charge is 0.439 e. The number of hydrogen-bond donors (Lipinski definition) is 2. The Bertz CT molecular complexity index is 1130. The molecule has 3 aromatic rings. The molecule has 0 aliphatic rings. The van der Waals surface area contributed by atoms with E-state index in [1.165, 1.54) is 37.3 Å². The first-order valence-corrected chi connectivity index (χ1v) is 8.77. The van der Waals surface area contributed by atoms with E-state index in [0.29, 0.717) is 6.20 Å². The molecule has 0 spiro atoms. The molecule has 0 saturated heterocycles. The van der Waals surface area contributed by atoms with Gasteiger partial charge in [-0.25, -0.2) is 9.37 Å². The van der Waals surface area contributed by atoms with Crippen molar-refractivity contribution >= 4 is 17.5 Å². The fourth-order valence-electron chi connectivity index (χ4n) is 2.55. The third kappa shape index (κ3) is 5.16. The quantitative estimate of drug-likeness (QED) is 0.571. The number of nitrogens with one attached hydrogen (secondary N) is 1. The lowest BCUT2D eigenvalue weighted by Gasteiger charge is -2.11. The number of primary amides is 1. The first kappa shape index (κ1) is 21.8. The van der Waals surface area contributed by atoms with Crippen molar-refractivity contribution in [2.75, 3.05) is 5.32 Å². The normalized spacial score (nSPS) is 11.1. The van der Waals surface area contributed by atoms with Gasteiger partial charge in [-0.15, -0.1) is 0 Å². The molecule has 0 radical (unpaired) electrons. The number of carbonyl (C=O) groups is 2. The third-order valence-electron chi connectivity index (χ3n) is 4.28. The van der Waals surface area contributed by atoms with E-state index in [9.17, 15) is 27.2 Å². The summed E-state index contributed by atoms with van der Waals surface area (Å²) in [5, 5.41) is 2.51. The van der Waals surface area contributed by atoms with Crippen molar-refractivity contribution in [3.8, 4) is 11.6 Å². The van der Waals surface area contributed by atoms with Crippen molar-refractivity contribution < 1.29 is 31.9 Å². The van der Waals surface area contributed by atoms with Crippen molar-refractivity contribution in [3.05, 3.63) is 82.8 Å². The maximum absolute atomic E-state index is 14.0. The van der Waals surface area contributed by atoms with E-state index in [2.05, 4.69) is 10.3 Å². The van der Waals surface area contributed by atoms with Crippen LogP contribution in [0.5, 0.6) is 11.6 Å². The molecular weight excluding hydrogens is 418 g/mol. The number of carbonyl (C=O) groups excluding carboxylic acids is 2. The average molecular weight is 433 g/mol. The molecule has 0 aliphatic carbocycles. The van der Waals surface area contributed by atoms with Crippen LogP contribution in [-0.2, 0) is 6.18 Å². The van der Waals surface area contributed by atoms with Crippen LogP contribution in [0.2, 0.25) is 0 Å². The second kappa shape index (κ2) is 8.42. The summed E-state index contributed by atoms with van der Waals surface area (Å²) >= 11 is 0. The smallest absolute Gasteiger partial charge is 0.417 e. The molecule has 0 aliphatic heterocycles. The number of nitrogens with two attached hydrogens (primary N) is 1. The van der Waals surface area contributed by atoms with Gasteiger partial charge in [-0.3, -0.25) is 9.59 Å². The Labute approximate surface area is 173 Å². The summed E-state index contributed by atoms with van der Waals surface area (Å²) in [7, 11) is 0. The van der Waals surface area contributed by atoms with Crippen LogP contribution in [0.15, 0.2) is 54.7 Å². The summed E-state index contributed by atoms with van der Waals surface area (Å²) in [6, 6.07) is 9.80. The summed E-state index contributed by atoms with van der Waals surface area (Å²) in [5.41, 5.74) is 4.58. The molecule has 0 atom stereocenters. The maximum atomic E-state index is 14.0. The van der Waals surface area contributed by atoms with Crippen molar-refractivity contribution in [1.82, 2.24) is 4.98 Å². The van der Waals surface area contributed by atoms with E-state index >= 15 is 0 Å². The molecule has 3 N–H and O–H groups in total. The Morgan fingerprint density at radius 2 is 1.71 bits per heavy atom. The zero-order valence-corrected chi connectivity index (χ0v) is 16.0. The first-order valence-electron chi connectivity index (χ1n) is 8.77. The molecular formula is C21H15F4N3O3. The number of ether oxygens (including phenoxy) is 1. The van der Waals surface area contributed by atoms with Crippen molar-refractivity contribution in [1.29, 1.82) is 0 Å². The van der Waals surface area contributed by atoms with Crippen LogP contribution in [-0.4, -0.2) is 16.8 Å². The van der Waals surface area contributed by atoms with Gasteiger partial charge in [-0.05, 0) is 49.4 Å². The molecule has 0 fully saturated rings. The Morgan fingerprint density at radius 1 is 1.03 bits per heavy atom. The van der Waals surface area contributed by atoms with E-state index in [4.69, 9.17) is 10.5 Å². The number of pyridine rings is 1. The number of halogens is 4. The fourth-order valence-corrected chi connectivity index (χ4v) is 2.55. The van der Waals surface area contributed by atoms with E-state index < -0.39 is 29.4 Å². The van der Waals surface area contributed by atoms with Gasteiger partial charge in [-0.1, -0.05) is 0 Å². The van der Waals surface area contributed by atoms with Crippen LogP contribution >= 0.6 is 0 Å². The summed E-state index contributed by atoms with van der Waals surface area (Å²) in [6.45, 7) is 1.43. The Hall–Kier alpha value is -3.95. The highest BCUT2D eigenvalue weighted by molar-refractivity contribution is 6.05. The van der Waals surface area contributed by atoms with Gasteiger partial charge in [0.25, 0.3) is 5.91 Å². The van der Waals surface area contributed by atoms with Crippen LogP contribution in [0.4, 0.5) is 23.2 Å². The lowest BCUT2D eigenvalue weighted by atomic mass is 10.1. The molecule has 3 rings (SSSR count). The molecule has 1 aromatic heterocycles. The maximum Gasteiger partial charge on any atom is 0.417 e. The summed E-state index contributed by atoms with van der Waals surface area (Å²) < 4.78 is 57.0. The number of aromatic nitrogens is 1. The monoisotopic (exact) mass is 433 g/mol. The number of nitrogens with zero attached hydrogens (tertiary/aromatic N) is 1. The summed E-state index contributed by atoms with van der Waals surface area (Å²) in [6.07, 6.45) is -3.85. The van der Waals surface area contributed by atoms with Gasteiger partial charge in [0, 0.05) is 34.6 Å². The fraction of sp³-hybridized carbons (Fsp3) is 0.0952. The molecule has 2 amide bonds. The molecule has 160 valence electrons. The number of hydrogen-bond acceptors (Lipinski definition) is 4. The molecule has 0 unspecified atom stereocenters. The molecule has 31 heavy (non-hydrogen) atoms. The molecule has 10 heteroatoms. The van der Waals surface area contributed by atoms with Crippen LogP contribution in [0.3, 0.4) is 0 Å². The van der Waals surface area contributed by atoms with Crippen LogP contribution < -0.4 is 15.8 Å². The van der Waals surface area contributed by atoms with Crippen molar-refractivity contribution in [2.24, 2.45) is 5.73 Å². The van der Waals surface area contributed by atoms with E-state index in [1.807, 2.05) is 0 Å². The number of anilines is 1. The second-order valence-corrected chi connectivity index (χ2v) is 6.46. The van der Waals surface area contributed by atoms with Gasteiger partial charge in [0.05, 0.1) is 5.56 Å². The highest BCUT2D eigenvalue weighted by Crippen LogP contribution is 2.30. The summed E-state index contributed by atoms with van der Waals surface area (Å²) in [4.78, 5) is 27.3. The Balaban J connectivity index is 1.72. The molecule has 2 aromatic carbocycles. The zero-order chi connectivity index (χ0) is 22.8. The SMILES string of the molecule is Cc1c(F)cc(C(N)=O)cc1NC(=O)c1ccc(Oc2ccc(C(F)(F)F)cn2)cc1. The average Bonchev–Trinajstić information content (AvgIpc) is 2.71.